The topological polar surface area (TPSA) is 67.4 Å². The Kier molecular flexibility index (Phi) is 6.11. The lowest BCUT2D eigenvalue weighted by molar-refractivity contribution is -0.114. The number of nitrogens with one attached hydrogen (secondary N) is 2. The van der Waals surface area contributed by atoms with Gasteiger partial charge in [0.05, 0.1) is 24.4 Å². The summed E-state index contributed by atoms with van der Waals surface area (Å²) in [5.74, 6) is -0.604. The number of fused-ring (bicyclic) bond motifs is 1. The van der Waals surface area contributed by atoms with Crippen molar-refractivity contribution in [2.45, 2.75) is 33.1 Å². The zero-order valence-corrected chi connectivity index (χ0v) is 16.2. The quantitative estimate of drug-likeness (QED) is 0.724. The molecule has 0 fully saturated rings. The van der Waals surface area contributed by atoms with Crippen LogP contribution in [-0.2, 0) is 22.4 Å². The van der Waals surface area contributed by atoms with E-state index in [1.165, 1.54) is 17.4 Å². The Balaban J connectivity index is 1.76. The van der Waals surface area contributed by atoms with Gasteiger partial charge in [-0.05, 0) is 49.8 Å². The molecule has 144 valence electrons. The summed E-state index contributed by atoms with van der Waals surface area (Å²) >= 11 is 1.44. The Labute approximate surface area is 161 Å². The molecule has 27 heavy (non-hydrogen) atoms. The SMILES string of the molecule is CCOC(=O)c1c(NC(=O)CNc2ccccc2F)sc2c1CCC(C)C2. The maximum atomic E-state index is 13.7. The summed E-state index contributed by atoms with van der Waals surface area (Å²) in [5, 5.41) is 6.10. The molecule has 2 aromatic rings. The molecule has 1 unspecified atom stereocenters. The van der Waals surface area contributed by atoms with Gasteiger partial charge in [0.2, 0.25) is 5.91 Å². The van der Waals surface area contributed by atoms with Crippen molar-refractivity contribution in [2.24, 2.45) is 5.92 Å². The third-order valence-electron chi connectivity index (χ3n) is 4.56. The van der Waals surface area contributed by atoms with Crippen LogP contribution in [0.1, 0.15) is 41.1 Å². The van der Waals surface area contributed by atoms with E-state index in [9.17, 15) is 14.0 Å². The summed E-state index contributed by atoms with van der Waals surface area (Å²) in [6.07, 6.45) is 2.72. The average Bonchev–Trinajstić information content (AvgIpc) is 2.98. The summed E-state index contributed by atoms with van der Waals surface area (Å²) in [7, 11) is 0. The molecule has 5 nitrogen and oxygen atoms in total. The van der Waals surface area contributed by atoms with E-state index in [0.717, 1.165) is 29.7 Å². The number of benzene rings is 1. The zero-order chi connectivity index (χ0) is 19.4. The highest BCUT2D eigenvalue weighted by Gasteiger charge is 2.29. The van der Waals surface area contributed by atoms with Crippen LogP contribution in [0, 0.1) is 11.7 Å². The van der Waals surface area contributed by atoms with Crippen molar-refractivity contribution in [3.8, 4) is 0 Å². The van der Waals surface area contributed by atoms with Crippen molar-refractivity contribution in [3.63, 3.8) is 0 Å². The summed E-state index contributed by atoms with van der Waals surface area (Å²) in [4.78, 5) is 26.0. The lowest BCUT2D eigenvalue weighted by Crippen LogP contribution is -2.23. The van der Waals surface area contributed by atoms with E-state index < -0.39 is 11.8 Å². The van der Waals surface area contributed by atoms with E-state index in [1.54, 1.807) is 25.1 Å². The van der Waals surface area contributed by atoms with Gasteiger partial charge in [-0.15, -0.1) is 11.3 Å². The Morgan fingerprint density at radius 2 is 2.11 bits per heavy atom. The Bertz CT molecular complexity index is 850. The molecule has 0 saturated heterocycles. The molecule has 0 radical (unpaired) electrons. The second kappa shape index (κ2) is 8.52. The van der Waals surface area contributed by atoms with E-state index in [1.807, 2.05) is 0 Å². The van der Waals surface area contributed by atoms with E-state index >= 15 is 0 Å². The standard InChI is InChI=1S/C20H23FN2O3S/c1-3-26-20(25)18-13-9-8-12(2)10-16(13)27-19(18)23-17(24)11-22-15-7-5-4-6-14(15)21/h4-7,12,22H,3,8-11H2,1-2H3,(H,23,24). The Morgan fingerprint density at radius 1 is 1.33 bits per heavy atom. The molecular weight excluding hydrogens is 367 g/mol. The highest BCUT2D eigenvalue weighted by atomic mass is 32.1. The van der Waals surface area contributed by atoms with E-state index in [2.05, 4.69) is 17.6 Å². The van der Waals surface area contributed by atoms with Gasteiger partial charge in [0.15, 0.2) is 0 Å². The number of hydrogen-bond donors (Lipinski definition) is 2. The van der Waals surface area contributed by atoms with E-state index in [0.29, 0.717) is 16.5 Å². The van der Waals surface area contributed by atoms with Crippen molar-refractivity contribution in [2.75, 3.05) is 23.8 Å². The molecule has 0 aliphatic heterocycles. The molecule has 2 N–H and O–H groups in total. The van der Waals surface area contributed by atoms with Gasteiger partial charge in [-0.2, -0.15) is 0 Å². The molecule has 1 aliphatic carbocycles. The maximum absolute atomic E-state index is 13.7. The first-order valence-electron chi connectivity index (χ1n) is 9.09. The fraction of sp³-hybridized carbons (Fsp3) is 0.400. The lowest BCUT2D eigenvalue weighted by Gasteiger charge is -2.18. The summed E-state index contributed by atoms with van der Waals surface area (Å²) in [6.45, 7) is 4.13. The number of carbonyl (C=O) groups is 2. The van der Waals surface area contributed by atoms with Gasteiger partial charge in [-0.25, -0.2) is 9.18 Å². The summed E-state index contributed by atoms with van der Waals surface area (Å²) in [5.41, 5.74) is 1.73. The number of para-hydroxylation sites is 1. The van der Waals surface area contributed by atoms with Crippen LogP contribution in [0.15, 0.2) is 24.3 Å². The first-order chi connectivity index (χ1) is 13.0. The number of rotatable bonds is 6. The maximum Gasteiger partial charge on any atom is 0.341 e. The fourth-order valence-electron chi connectivity index (χ4n) is 3.21. The predicted molar refractivity (Wildman–Crippen MR) is 105 cm³/mol. The van der Waals surface area contributed by atoms with Crippen molar-refractivity contribution < 1.29 is 18.7 Å². The zero-order valence-electron chi connectivity index (χ0n) is 15.4. The fourth-order valence-corrected chi connectivity index (χ4v) is 4.62. The average molecular weight is 390 g/mol. The molecule has 1 aliphatic rings. The van der Waals surface area contributed by atoms with Crippen molar-refractivity contribution >= 4 is 33.9 Å². The monoisotopic (exact) mass is 390 g/mol. The minimum atomic E-state index is -0.418. The van der Waals surface area contributed by atoms with Gasteiger partial charge in [-0.3, -0.25) is 4.79 Å². The predicted octanol–water partition coefficient (Wildman–Crippen LogP) is 4.24. The van der Waals surface area contributed by atoms with Gasteiger partial charge in [0.1, 0.15) is 10.8 Å². The second-order valence-electron chi connectivity index (χ2n) is 6.66. The molecule has 3 rings (SSSR count). The number of carbonyl (C=O) groups excluding carboxylic acids is 2. The van der Waals surface area contributed by atoms with Crippen LogP contribution in [0.3, 0.4) is 0 Å². The number of halogens is 1. The van der Waals surface area contributed by atoms with Crippen LogP contribution in [0.5, 0.6) is 0 Å². The molecule has 1 heterocycles. The van der Waals surface area contributed by atoms with Crippen LogP contribution in [-0.4, -0.2) is 25.0 Å². The molecular formula is C20H23FN2O3S. The first-order valence-corrected chi connectivity index (χ1v) is 9.91. The molecule has 1 aromatic carbocycles. The van der Waals surface area contributed by atoms with Crippen LogP contribution in [0.4, 0.5) is 15.1 Å². The van der Waals surface area contributed by atoms with E-state index in [4.69, 9.17) is 4.74 Å². The number of thiophene rings is 1. The summed E-state index contributed by atoms with van der Waals surface area (Å²) < 4.78 is 18.9. The summed E-state index contributed by atoms with van der Waals surface area (Å²) in [6, 6.07) is 6.17. The molecule has 7 heteroatoms. The van der Waals surface area contributed by atoms with Crippen LogP contribution in [0.25, 0.3) is 0 Å². The number of hydrogen-bond acceptors (Lipinski definition) is 5. The Morgan fingerprint density at radius 3 is 2.85 bits per heavy atom. The minimum absolute atomic E-state index is 0.0951. The third kappa shape index (κ3) is 4.47. The smallest absolute Gasteiger partial charge is 0.341 e. The highest BCUT2D eigenvalue weighted by Crippen LogP contribution is 2.40. The van der Waals surface area contributed by atoms with Gasteiger partial charge in [0.25, 0.3) is 0 Å². The van der Waals surface area contributed by atoms with Crippen LogP contribution >= 0.6 is 11.3 Å². The lowest BCUT2D eigenvalue weighted by atomic mass is 9.88. The minimum Gasteiger partial charge on any atom is -0.462 e. The third-order valence-corrected chi connectivity index (χ3v) is 5.73. The van der Waals surface area contributed by atoms with Crippen LogP contribution in [0.2, 0.25) is 0 Å². The molecule has 1 amide bonds. The normalized spacial score (nSPS) is 15.7. The Hall–Kier alpha value is -2.41. The second-order valence-corrected chi connectivity index (χ2v) is 7.76. The number of amides is 1. The van der Waals surface area contributed by atoms with Gasteiger partial charge < -0.3 is 15.4 Å². The molecule has 0 bridgehead atoms. The van der Waals surface area contributed by atoms with Gasteiger partial charge in [-0.1, -0.05) is 19.1 Å². The number of ether oxygens (including phenoxy) is 1. The highest BCUT2D eigenvalue weighted by molar-refractivity contribution is 7.17. The molecule has 0 saturated carbocycles. The van der Waals surface area contributed by atoms with E-state index in [-0.39, 0.29) is 24.7 Å². The van der Waals surface area contributed by atoms with Gasteiger partial charge in [0, 0.05) is 4.88 Å². The molecule has 1 atom stereocenters. The first kappa shape index (κ1) is 19.4. The molecule has 1 aromatic heterocycles. The largest absolute Gasteiger partial charge is 0.462 e. The van der Waals surface area contributed by atoms with Crippen molar-refractivity contribution in [1.82, 2.24) is 0 Å². The van der Waals surface area contributed by atoms with Gasteiger partial charge >= 0.3 is 5.97 Å². The van der Waals surface area contributed by atoms with Crippen molar-refractivity contribution in [3.05, 3.63) is 46.1 Å². The number of esters is 1. The number of anilines is 2. The van der Waals surface area contributed by atoms with Crippen LogP contribution < -0.4 is 10.6 Å². The van der Waals surface area contributed by atoms with Crippen molar-refractivity contribution in [1.29, 1.82) is 0 Å². The molecule has 0 spiro atoms.